The van der Waals surface area contributed by atoms with Crippen molar-refractivity contribution in [3.63, 3.8) is 0 Å². The molecular weight excluding hydrogens is 178 g/mol. The zero-order chi connectivity index (χ0) is 11.0. The van der Waals surface area contributed by atoms with Crippen molar-refractivity contribution in [2.45, 2.75) is 46.5 Å². The van der Waals surface area contributed by atoms with Gasteiger partial charge in [-0.05, 0) is 26.7 Å². The molecule has 0 atom stereocenters. The second-order valence-corrected chi connectivity index (χ2v) is 4.07. The molecule has 0 radical (unpaired) electrons. The maximum Gasteiger partial charge on any atom is 0.305 e. The highest BCUT2D eigenvalue weighted by Crippen LogP contribution is 2.20. The number of unbranched alkanes of at least 4 members (excludes halogenated alkanes) is 1. The minimum Gasteiger partial charge on any atom is -0.466 e. The van der Waals surface area contributed by atoms with E-state index in [9.17, 15) is 4.79 Å². The topological polar surface area (TPSA) is 50.1 Å². The second-order valence-electron chi connectivity index (χ2n) is 4.07. The van der Waals surface area contributed by atoms with Gasteiger partial charge in [-0.15, -0.1) is 0 Å². The quantitative estimate of drug-likeness (QED) is 0.486. The molecule has 0 amide bonds. The SMILES string of the molecule is CCCCOC(=O)CCC(C)(C)C#N. The Morgan fingerprint density at radius 2 is 2.14 bits per heavy atom. The number of hydrogen-bond acceptors (Lipinski definition) is 3. The van der Waals surface area contributed by atoms with E-state index in [1.165, 1.54) is 0 Å². The molecule has 0 saturated carbocycles. The Hall–Kier alpha value is -1.04. The van der Waals surface area contributed by atoms with Gasteiger partial charge in [0.15, 0.2) is 0 Å². The lowest BCUT2D eigenvalue weighted by molar-refractivity contribution is -0.144. The van der Waals surface area contributed by atoms with Crippen molar-refractivity contribution >= 4 is 5.97 Å². The highest BCUT2D eigenvalue weighted by atomic mass is 16.5. The zero-order valence-corrected chi connectivity index (χ0v) is 9.30. The van der Waals surface area contributed by atoms with E-state index < -0.39 is 5.41 Å². The van der Waals surface area contributed by atoms with E-state index in [0.717, 1.165) is 12.8 Å². The maximum absolute atomic E-state index is 11.1. The average Bonchev–Trinajstić information content (AvgIpc) is 2.16. The lowest BCUT2D eigenvalue weighted by atomic mass is 9.90. The van der Waals surface area contributed by atoms with Crippen molar-refractivity contribution < 1.29 is 9.53 Å². The number of nitriles is 1. The van der Waals surface area contributed by atoms with Gasteiger partial charge in [0.2, 0.25) is 0 Å². The molecule has 0 rings (SSSR count). The summed E-state index contributed by atoms with van der Waals surface area (Å²) in [5.74, 6) is -0.193. The van der Waals surface area contributed by atoms with Crippen LogP contribution in [0.25, 0.3) is 0 Å². The molecule has 0 N–H and O–H groups in total. The molecule has 0 saturated heterocycles. The van der Waals surface area contributed by atoms with E-state index in [1.807, 2.05) is 20.8 Å². The van der Waals surface area contributed by atoms with Crippen LogP contribution in [0.3, 0.4) is 0 Å². The second kappa shape index (κ2) is 6.42. The van der Waals surface area contributed by atoms with Crippen molar-refractivity contribution in [3.05, 3.63) is 0 Å². The maximum atomic E-state index is 11.1. The number of hydrogen-bond donors (Lipinski definition) is 0. The third-order valence-corrected chi connectivity index (χ3v) is 2.02. The van der Waals surface area contributed by atoms with Crippen LogP contribution in [0.4, 0.5) is 0 Å². The standard InChI is InChI=1S/C11H19NO2/c1-4-5-8-14-10(13)6-7-11(2,3)9-12/h4-8H2,1-3H3. The third-order valence-electron chi connectivity index (χ3n) is 2.02. The lowest BCUT2D eigenvalue weighted by Crippen LogP contribution is -2.13. The van der Waals surface area contributed by atoms with Gasteiger partial charge in [0.1, 0.15) is 0 Å². The summed E-state index contributed by atoms with van der Waals surface area (Å²) in [6.45, 7) is 6.20. The van der Waals surface area contributed by atoms with Crippen molar-refractivity contribution in [1.29, 1.82) is 5.26 Å². The number of esters is 1. The van der Waals surface area contributed by atoms with E-state index in [4.69, 9.17) is 10.00 Å². The van der Waals surface area contributed by atoms with Crippen LogP contribution >= 0.6 is 0 Å². The fourth-order valence-corrected chi connectivity index (χ4v) is 0.873. The van der Waals surface area contributed by atoms with Crippen LogP contribution in [0.5, 0.6) is 0 Å². The lowest BCUT2D eigenvalue weighted by Gasteiger charge is -2.13. The summed E-state index contributed by atoms with van der Waals surface area (Å²) in [5, 5.41) is 8.72. The highest BCUT2D eigenvalue weighted by Gasteiger charge is 2.18. The van der Waals surface area contributed by atoms with E-state index in [1.54, 1.807) is 0 Å². The summed E-state index contributed by atoms with van der Waals surface area (Å²) < 4.78 is 4.97. The van der Waals surface area contributed by atoms with E-state index in [-0.39, 0.29) is 5.97 Å². The van der Waals surface area contributed by atoms with Crippen molar-refractivity contribution in [1.82, 2.24) is 0 Å². The van der Waals surface area contributed by atoms with Gasteiger partial charge in [0, 0.05) is 6.42 Å². The predicted octanol–water partition coefficient (Wildman–Crippen LogP) is 2.66. The first-order valence-electron chi connectivity index (χ1n) is 5.08. The molecule has 0 unspecified atom stereocenters. The molecule has 0 spiro atoms. The number of ether oxygens (including phenoxy) is 1. The molecule has 0 aliphatic heterocycles. The summed E-state index contributed by atoms with van der Waals surface area (Å²) in [6.07, 6.45) is 2.84. The van der Waals surface area contributed by atoms with Gasteiger partial charge >= 0.3 is 5.97 Å². The Morgan fingerprint density at radius 3 is 2.64 bits per heavy atom. The first-order chi connectivity index (χ1) is 6.52. The first kappa shape index (κ1) is 13.0. The van der Waals surface area contributed by atoms with Gasteiger partial charge in [-0.3, -0.25) is 4.79 Å². The molecule has 0 aliphatic carbocycles. The number of carbonyl (C=O) groups excluding carboxylic acids is 1. The monoisotopic (exact) mass is 197 g/mol. The average molecular weight is 197 g/mol. The molecule has 0 aliphatic rings. The Morgan fingerprint density at radius 1 is 1.50 bits per heavy atom. The molecule has 14 heavy (non-hydrogen) atoms. The van der Waals surface area contributed by atoms with Gasteiger partial charge < -0.3 is 4.74 Å². The van der Waals surface area contributed by atoms with Crippen LogP contribution in [0.15, 0.2) is 0 Å². The van der Waals surface area contributed by atoms with Gasteiger partial charge in [-0.25, -0.2) is 0 Å². The van der Waals surface area contributed by atoms with Crippen LogP contribution in [0.1, 0.15) is 46.5 Å². The van der Waals surface area contributed by atoms with Crippen LogP contribution in [0.2, 0.25) is 0 Å². The molecule has 3 heteroatoms. The summed E-state index contributed by atoms with van der Waals surface area (Å²) in [4.78, 5) is 11.1. The Labute approximate surface area is 86.1 Å². The zero-order valence-electron chi connectivity index (χ0n) is 9.30. The van der Waals surface area contributed by atoms with Crippen LogP contribution in [0, 0.1) is 16.7 Å². The summed E-state index contributed by atoms with van der Waals surface area (Å²) in [7, 11) is 0. The molecule has 80 valence electrons. The normalized spacial score (nSPS) is 10.7. The molecule has 3 nitrogen and oxygen atoms in total. The van der Waals surface area contributed by atoms with Crippen LogP contribution in [-0.2, 0) is 9.53 Å². The Balaban J connectivity index is 3.60. The minimum absolute atomic E-state index is 0.193. The fourth-order valence-electron chi connectivity index (χ4n) is 0.873. The van der Waals surface area contributed by atoms with Crippen LogP contribution in [-0.4, -0.2) is 12.6 Å². The third kappa shape index (κ3) is 6.47. The smallest absolute Gasteiger partial charge is 0.305 e. The number of carbonyl (C=O) groups is 1. The molecule has 0 fully saturated rings. The molecule has 0 heterocycles. The molecule has 0 aromatic carbocycles. The van der Waals surface area contributed by atoms with Gasteiger partial charge in [-0.1, -0.05) is 13.3 Å². The predicted molar refractivity (Wildman–Crippen MR) is 54.5 cm³/mol. The molecule has 0 bridgehead atoms. The Kier molecular flexibility index (Phi) is 5.94. The van der Waals surface area contributed by atoms with Gasteiger partial charge in [0.25, 0.3) is 0 Å². The minimum atomic E-state index is -0.427. The van der Waals surface area contributed by atoms with Crippen molar-refractivity contribution in [2.24, 2.45) is 5.41 Å². The van der Waals surface area contributed by atoms with E-state index >= 15 is 0 Å². The number of rotatable bonds is 6. The van der Waals surface area contributed by atoms with E-state index in [0.29, 0.717) is 19.4 Å². The molecule has 0 aromatic heterocycles. The number of nitrogens with zero attached hydrogens (tertiary/aromatic N) is 1. The highest BCUT2D eigenvalue weighted by molar-refractivity contribution is 5.69. The van der Waals surface area contributed by atoms with Gasteiger partial charge in [-0.2, -0.15) is 5.26 Å². The largest absolute Gasteiger partial charge is 0.466 e. The van der Waals surface area contributed by atoms with Crippen molar-refractivity contribution in [3.8, 4) is 6.07 Å². The fraction of sp³-hybridized carbons (Fsp3) is 0.818. The first-order valence-corrected chi connectivity index (χ1v) is 5.08. The summed E-state index contributed by atoms with van der Waals surface area (Å²) >= 11 is 0. The summed E-state index contributed by atoms with van der Waals surface area (Å²) in [6, 6.07) is 2.16. The molecule has 0 aromatic rings. The van der Waals surface area contributed by atoms with Crippen LogP contribution < -0.4 is 0 Å². The summed E-state index contributed by atoms with van der Waals surface area (Å²) in [5.41, 5.74) is -0.427. The Bertz CT molecular complexity index is 216. The van der Waals surface area contributed by atoms with Gasteiger partial charge in [0.05, 0.1) is 18.1 Å². The van der Waals surface area contributed by atoms with E-state index in [2.05, 4.69) is 6.07 Å². The molecular formula is C11H19NO2. The van der Waals surface area contributed by atoms with Crippen molar-refractivity contribution in [2.75, 3.05) is 6.61 Å².